The van der Waals surface area contributed by atoms with Gasteiger partial charge in [-0.25, -0.2) is 4.68 Å². The number of thiocarbonyl (C=S) groups is 1. The molecule has 1 saturated heterocycles. The number of halogens is 3. The topological polar surface area (TPSA) is 114 Å². The average molecular weight is 659 g/mol. The Labute approximate surface area is 270 Å². The number of carbonyl (C=O) groups excluding carboxylic acids is 2. The van der Waals surface area contributed by atoms with Crippen LogP contribution >= 0.6 is 12.2 Å². The molecule has 1 aliphatic heterocycles. The van der Waals surface area contributed by atoms with E-state index in [1.807, 2.05) is 0 Å². The molecule has 1 aromatic heterocycles. The van der Waals surface area contributed by atoms with Gasteiger partial charge < -0.3 is 14.4 Å². The molecule has 2 heterocycles. The maximum atomic E-state index is 13.6. The summed E-state index contributed by atoms with van der Waals surface area (Å²) in [7, 11) is 0. The summed E-state index contributed by atoms with van der Waals surface area (Å²) in [4.78, 5) is 28.6. The minimum atomic E-state index is -4.78. The Bertz CT molecular complexity index is 1530. The van der Waals surface area contributed by atoms with Gasteiger partial charge in [0, 0.05) is 0 Å². The predicted molar refractivity (Wildman–Crippen MR) is 163 cm³/mol. The zero-order valence-corrected chi connectivity index (χ0v) is 26.7. The summed E-state index contributed by atoms with van der Waals surface area (Å²) in [5.41, 5.74) is -2.28. The molecule has 1 aromatic carbocycles. The maximum Gasteiger partial charge on any atom is 0.417 e. The van der Waals surface area contributed by atoms with Crippen LogP contribution in [0.2, 0.25) is 0 Å². The monoisotopic (exact) mass is 658 g/mol. The molecule has 246 valence electrons. The van der Waals surface area contributed by atoms with Crippen molar-refractivity contribution in [1.29, 1.82) is 5.26 Å². The number of alkyl halides is 3. The molecule has 10 nitrogen and oxygen atoms in total. The van der Waals surface area contributed by atoms with E-state index in [1.54, 1.807) is 35.7 Å². The van der Waals surface area contributed by atoms with E-state index in [-0.39, 0.29) is 41.9 Å². The molecule has 14 heteroatoms. The van der Waals surface area contributed by atoms with Gasteiger partial charge in [0.1, 0.15) is 17.8 Å². The van der Waals surface area contributed by atoms with Crippen molar-refractivity contribution in [3.8, 4) is 6.07 Å². The third-order valence-electron chi connectivity index (χ3n) is 10.1. The Balaban J connectivity index is 0.971. The summed E-state index contributed by atoms with van der Waals surface area (Å²) in [6.45, 7) is 4.52. The van der Waals surface area contributed by atoms with Crippen molar-refractivity contribution < 1.29 is 32.2 Å². The number of nitrogens with zero attached hydrogens (tertiary/aromatic N) is 6. The molecule has 5 aliphatic rings. The van der Waals surface area contributed by atoms with E-state index < -0.39 is 28.7 Å². The van der Waals surface area contributed by atoms with Gasteiger partial charge in [-0.2, -0.15) is 18.4 Å². The highest BCUT2D eigenvalue weighted by atomic mass is 32.1. The fourth-order valence-corrected chi connectivity index (χ4v) is 8.83. The third-order valence-corrected chi connectivity index (χ3v) is 10.5. The highest BCUT2D eigenvalue weighted by Crippen LogP contribution is 2.61. The van der Waals surface area contributed by atoms with Gasteiger partial charge in [0.25, 0.3) is 5.91 Å². The number of carbonyl (C=O) groups is 2. The smallest absolute Gasteiger partial charge is 0.417 e. The van der Waals surface area contributed by atoms with Crippen molar-refractivity contribution in [3.05, 3.63) is 41.2 Å². The van der Waals surface area contributed by atoms with Crippen molar-refractivity contribution in [1.82, 2.24) is 19.9 Å². The summed E-state index contributed by atoms with van der Waals surface area (Å²) in [5.74, 6) is 1.74. The number of nitriles is 1. The molecule has 0 spiro atoms. The normalized spacial score (nSPS) is 26.6. The minimum Gasteiger partial charge on any atom is -0.463 e. The minimum absolute atomic E-state index is 0.0171. The van der Waals surface area contributed by atoms with E-state index >= 15 is 0 Å². The summed E-state index contributed by atoms with van der Waals surface area (Å²) in [6.07, 6.45) is 4.94. The number of anilines is 1. The Morgan fingerprint density at radius 1 is 1.11 bits per heavy atom. The second-order valence-corrected chi connectivity index (χ2v) is 14.2. The highest BCUT2D eigenvalue weighted by Gasteiger charge is 2.52. The van der Waals surface area contributed by atoms with Crippen LogP contribution in [-0.2, 0) is 38.3 Å². The van der Waals surface area contributed by atoms with E-state index in [0.29, 0.717) is 25.3 Å². The Morgan fingerprint density at radius 2 is 1.78 bits per heavy atom. The SMILES string of the molecule is CC1(C)C(=O)N(c2ccc(C#N)c(C(F)(F)F)c2)C(=S)N1Cc1cn(CCOCCOC(=O)CC23CC4CC(CC(C4)C2)C3)nn1. The Kier molecular flexibility index (Phi) is 8.60. The van der Waals surface area contributed by atoms with Gasteiger partial charge >= 0.3 is 12.1 Å². The zero-order valence-electron chi connectivity index (χ0n) is 25.9. The number of esters is 1. The fourth-order valence-electron chi connectivity index (χ4n) is 8.35. The second kappa shape index (κ2) is 12.2. The summed E-state index contributed by atoms with van der Waals surface area (Å²) < 4.78 is 53.5. The lowest BCUT2D eigenvalue weighted by atomic mass is 9.49. The number of benzene rings is 1. The number of rotatable bonds is 11. The van der Waals surface area contributed by atoms with Crippen molar-refractivity contribution in [2.24, 2.45) is 23.2 Å². The van der Waals surface area contributed by atoms with E-state index in [0.717, 1.165) is 34.8 Å². The molecule has 4 bridgehead atoms. The lowest BCUT2D eigenvalue weighted by molar-refractivity contribution is -0.153. The Hall–Kier alpha value is -3.57. The quantitative estimate of drug-likeness (QED) is 0.182. The van der Waals surface area contributed by atoms with E-state index in [4.69, 9.17) is 27.0 Å². The second-order valence-electron chi connectivity index (χ2n) is 13.8. The molecule has 1 amide bonds. The lowest BCUT2D eigenvalue weighted by Crippen LogP contribution is -2.47. The number of ether oxygens (including phenoxy) is 2. The van der Waals surface area contributed by atoms with Crippen LogP contribution in [-0.4, -0.2) is 62.2 Å². The molecule has 0 N–H and O–H groups in total. The van der Waals surface area contributed by atoms with Crippen LogP contribution in [0.1, 0.15) is 75.6 Å². The first kappa shape index (κ1) is 32.4. The van der Waals surface area contributed by atoms with Gasteiger partial charge in [-0.1, -0.05) is 5.21 Å². The molecular weight excluding hydrogens is 621 g/mol. The molecule has 2 aromatic rings. The molecule has 0 radical (unpaired) electrons. The highest BCUT2D eigenvalue weighted by molar-refractivity contribution is 7.80. The van der Waals surface area contributed by atoms with Crippen LogP contribution in [0.5, 0.6) is 0 Å². The van der Waals surface area contributed by atoms with Crippen LogP contribution in [0.15, 0.2) is 24.4 Å². The van der Waals surface area contributed by atoms with Crippen molar-refractivity contribution in [2.45, 2.75) is 83.6 Å². The number of amides is 1. The standard InChI is InChI=1S/C32H37F3N6O4S/c1-30(2)28(43)41(25-4-3-23(17-36)26(12-25)32(33,34)35)29(46)40(30)19-24-18-39(38-37-24)5-6-44-7-8-45-27(42)16-31-13-20-9-21(14-31)11-22(10-20)15-31/h3-4,12,18,20-22H,5-11,13-16,19H2,1-2H3. The molecule has 7 rings (SSSR count). The van der Waals surface area contributed by atoms with E-state index in [2.05, 4.69) is 10.3 Å². The van der Waals surface area contributed by atoms with Gasteiger partial charge in [-0.3, -0.25) is 14.5 Å². The first-order valence-electron chi connectivity index (χ1n) is 15.7. The van der Waals surface area contributed by atoms with E-state index in [9.17, 15) is 22.8 Å². The molecule has 4 saturated carbocycles. The first-order valence-corrected chi connectivity index (χ1v) is 16.1. The predicted octanol–water partition coefficient (Wildman–Crippen LogP) is 5.25. The van der Waals surface area contributed by atoms with Crippen LogP contribution in [0.4, 0.5) is 18.9 Å². The number of hydrogen-bond donors (Lipinski definition) is 0. The number of hydrogen-bond acceptors (Lipinski definition) is 8. The first-order chi connectivity index (χ1) is 21.8. The Morgan fingerprint density at radius 3 is 2.41 bits per heavy atom. The van der Waals surface area contributed by atoms with Crippen LogP contribution in [0.25, 0.3) is 0 Å². The van der Waals surface area contributed by atoms with E-state index in [1.165, 1.54) is 44.6 Å². The summed E-state index contributed by atoms with van der Waals surface area (Å²) in [5, 5.41) is 17.4. The van der Waals surface area contributed by atoms with Crippen molar-refractivity contribution in [2.75, 3.05) is 24.7 Å². The van der Waals surface area contributed by atoms with Gasteiger partial charge in [0.05, 0.1) is 61.8 Å². The van der Waals surface area contributed by atoms with Gasteiger partial charge in [-0.15, -0.1) is 5.10 Å². The number of aromatic nitrogens is 3. The molecular formula is C32H37F3N6O4S. The van der Waals surface area contributed by atoms with Crippen LogP contribution in [0, 0.1) is 34.5 Å². The molecule has 0 unspecified atom stereocenters. The summed E-state index contributed by atoms with van der Waals surface area (Å²) >= 11 is 5.55. The largest absolute Gasteiger partial charge is 0.463 e. The summed E-state index contributed by atoms with van der Waals surface area (Å²) in [6, 6.07) is 4.62. The van der Waals surface area contributed by atoms with Crippen molar-refractivity contribution >= 4 is 34.9 Å². The van der Waals surface area contributed by atoms with Crippen LogP contribution in [0.3, 0.4) is 0 Å². The third kappa shape index (κ3) is 6.36. The molecule has 46 heavy (non-hydrogen) atoms. The van der Waals surface area contributed by atoms with Gasteiger partial charge in [0.15, 0.2) is 5.11 Å². The fraction of sp³-hybridized carbons (Fsp3) is 0.625. The van der Waals surface area contributed by atoms with Gasteiger partial charge in [-0.05, 0) is 106 Å². The van der Waals surface area contributed by atoms with Crippen LogP contribution < -0.4 is 4.90 Å². The van der Waals surface area contributed by atoms with Crippen molar-refractivity contribution in [3.63, 3.8) is 0 Å². The maximum absolute atomic E-state index is 13.6. The lowest BCUT2D eigenvalue weighted by Gasteiger charge is -2.56. The average Bonchev–Trinajstić information content (AvgIpc) is 3.49. The molecule has 0 atom stereocenters. The zero-order chi connectivity index (χ0) is 32.9. The molecule has 4 aliphatic carbocycles. The molecule has 5 fully saturated rings. The van der Waals surface area contributed by atoms with Gasteiger partial charge in [0.2, 0.25) is 0 Å².